The molecule has 1 heterocycles. The molecule has 1 saturated heterocycles. The molecule has 0 aromatic carbocycles. The van der Waals surface area contributed by atoms with Crippen molar-refractivity contribution in [1.29, 1.82) is 0 Å². The maximum Gasteiger partial charge on any atom is 0.220 e. The Morgan fingerprint density at radius 3 is 2.42 bits per heavy atom. The van der Waals surface area contributed by atoms with Gasteiger partial charge in [0.25, 0.3) is 0 Å². The smallest absolute Gasteiger partial charge is 0.220 e. The Kier molecular flexibility index (Phi) is 9.78. The molecule has 1 rings (SSSR count). The zero-order chi connectivity index (χ0) is 13.8. The lowest BCUT2D eigenvalue weighted by atomic mass is 10.0. The summed E-state index contributed by atoms with van der Waals surface area (Å²) in [5.41, 5.74) is 0. The second-order valence-electron chi connectivity index (χ2n) is 5.89. The van der Waals surface area contributed by atoms with Crippen molar-refractivity contribution >= 4 is 5.91 Å². The highest BCUT2D eigenvalue weighted by Crippen LogP contribution is 2.11. The maximum atomic E-state index is 11.7. The van der Waals surface area contributed by atoms with E-state index in [1.165, 1.54) is 44.9 Å². The Bertz CT molecular complexity index is 225. The van der Waals surface area contributed by atoms with Gasteiger partial charge in [0.1, 0.15) is 0 Å². The van der Waals surface area contributed by atoms with Gasteiger partial charge < -0.3 is 10.6 Å². The fraction of sp³-hybridized carbons (Fsp3) is 0.938. The normalized spacial score (nSPS) is 18.7. The first-order valence-electron chi connectivity index (χ1n) is 8.30. The Morgan fingerprint density at radius 2 is 1.79 bits per heavy atom. The fourth-order valence-corrected chi connectivity index (χ4v) is 2.71. The third kappa shape index (κ3) is 9.04. The summed E-state index contributed by atoms with van der Waals surface area (Å²) in [6, 6.07) is 0. The van der Waals surface area contributed by atoms with Crippen LogP contribution in [0.15, 0.2) is 0 Å². The Labute approximate surface area is 118 Å². The van der Waals surface area contributed by atoms with Gasteiger partial charge in [-0.15, -0.1) is 0 Å². The number of hydrogen-bond acceptors (Lipinski definition) is 2. The Hall–Kier alpha value is -0.570. The minimum absolute atomic E-state index is 0.247. The zero-order valence-electron chi connectivity index (χ0n) is 12.7. The van der Waals surface area contributed by atoms with Crippen LogP contribution in [0, 0.1) is 5.92 Å². The first kappa shape index (κ1) is 16.5. The summed E-state index contributed by atoms with van der Waals surface area (Å²) in [4.78, 5) is 11.7. The average Bonchev–Trinajstić information content (AvgIpc) is 2.89. The monoisotopic (exact) mass is 268 g/mol. The summed E-state index contributed by atoms with van der Waals surface area (Å²) < 4.78 is 0. The van der Waals surface area contributed by atoms with Gasteiger partial charge in [-0.2, -0.15) is 0 Å². The second kappa shape index (κ2) is 11.3. The summed E-state index contributed by atoms with van der Waals surface area (Å²) in [5.74, 6) is 0.815. The molecule has 0 aliphatic carbocycles. The highest BCUT2D eigenvalue weighted by Gasteiger charge is 2.17. The number of carbonyl (C=O) groups is 1. The molecule has 1 fully saturated rings. The van der Waals surface area contributed by atoms with Crippen molar-refractivity contribution in [3.8, 4) is 0 Å². The topological polar surface area (TPSA) is 41.1 Å². The average molecular weight is 268 g/mol. The van der Waals surface area contributed by atoms with E-state index >= 15 is 0 Å². The van der Waals surface area contributed by atoms with E-state index in [-0.39, 0.29) is 5.91 Å². The van der Waals surface area contributed by atoms with Crippen molar-refractivity contribution in [2.75, 3.05) is 19.6 Å². The van der Waals surface area contributed by atoms with Crippen LogP contribution in [0.4, 0.5) is 0 Å². The van der Waals surface area contributed by atoms with Crippen molar-refractivity contribution < 1.29 is 4.79 Å². The standard InChI is InChI=1S/C16H32N2O/c1-2-3-4-5-6-7-8-9-11-18-16(19)13-15-10-12-17-14-15/h15,17H,2-14H2,1H3,(H,18,19). The molecule has 3 heteroatoms. The Balaban J connectivity index is 1.80. The van der Waals surface area contributed by atoms with Gasteiger partial charge in [0.2, 0.25) is 5.91 Å². The molecule has 0 radical (unpaired) electrons. The highest BCUT2D eigenvalue weighted by molar-refractivity contribution is 5.76. The lowest BCUT2D eigenvalue weighted by Gasteiger charge is -2.09. The van der Waals surface area contributed by atoms with E-state index in [0.717, 1.165) is 32.5 Å². The SMILES string of the molecule is CCCCCCCCCCNC(=O)CC1CCNC1. The van der Waals surface area contributed by atoms with Gasteiger partial charge in [-0.3, -0.25) is 4.79 Å². The molecule has 2 N–H and O–H groups in total. The number of rotatable bonds is 11. The molecule has 0 aromatic heterocycles. The van der Waals surface area contributed by atoms with E-state index in [1.807, 2.05) is 0 Å². The molecular weight excluding hydrogens is 236 g/mol. The molecule has 1 atom stereocenters. The van der Waals surface area contributed by atoms with Crippen molar-refractivity contribution in [1.82, 2.24) is 10.6 Å². The van der Waals surface area contributed by atoms with Gasteiger partial charge in [-0.1, -0.05) is 51.9 Å². The van der Waals surface area contributed by atoms with Crippen molar-refractivity contribution in [2.24, 2.45) is 5.92 Å². The van der Waals surface area contributed by atoms with Gasteiger partial charge in [0.15, 0.2) is 0 Å². The molecule has 19 heavy (non-hydrogen) atoms. The third-order valence-corrected chi connectivity index (χ3v) is 3.99. The quantitative estimate of drug-likeness (QED) is 0.565. The van der Waals surface area contributed by atoms with E-state index < -0.39 is 0 Å². The third-order valence-electron chi connectivity index (χ3n) is 3.99. The van der Waals surface area contributed by atoms with Crippen LogP contribution in [-0.2, 0) is 4.79 Å². The molecule has 0 aromatic rings. The largest absolute Gasteiger partial charge is 0.356 e. The number of carbonyl (C=O) groups excluding carboxylic acids is 1. The predicted octanol–water partition coefficient (Wildman–Crippen LogP) is 3.24. The van der Waals surface area contributed by atoms with Crippen molar-refractivity contribution in [2.45, 2.75) is 71.1 Å². The molecule has 0 bridgehead atoms. The van der Waals surface area contributed by atoms with E-state index in [0.29, 0.717) is 12.3 Å². The summed E-state index contributed by atoms with van der Waals surface area (Å²) in [5, 5.41) is 6.36. The van der Waals surface area contributed by atoms with Crippen LogP contribution < -0.4 is 10.6 Å². The Morgan fingerprint density at radius 1 is 1.11 bits per heavy atom. The summed E-state index contributed by atoms with van der Waals surface area (Å²) >= 11 is 0. The molecule has 0 spiro atoms. The molecule has 1 aliphatic heterocycles. The van der Waals surface area contributed by atoms with Gasteiger partial charge in [0.05, 0.1) is 0 Å². The first-order valence-corrected chi connectivity index (χ1v) is 8.30. The van der Waals surface area contributed by atoms with Crippen LogP contribution in [0.2, 0.25) is 0 Å². The summed E-state index contributed by atoms with van der Waals surface area (Å²) in [7, 11) is 0. The fourth-order valence-electron chi connectivity index (χ4n) is 2.71. The van der Waals surface area contributed by atoms with Crippen molar-refractivity contribution in [3.63, 3.8) is 0 Å². The number of hydrogen-bond donors (Lipinski definition) is 2. The van der Waals surface area contributed by atoms with E-state index in [4.69, 9.17) is 0 Å². The van der Waals surface area contributed by atoms with Crippen LogP contribution in [0.25, 0.3) is 0 Å². The predicted molar refractivity (Wildman–Crippen MR) is 81.2 cm³/mol. The molecule has 112 valence electrons. The first-order chi connectivity index (χ1) is 9.33. The summed E-state index contributed by atoms with van der Waals surface area (Å²) in [6.45, 7) is 5.22. The van der Waals surface area contributed by atoms with Crippen molar-refractivity contribution in [3.05, 3.63) is 0 Å². The molecule has 0 saturated carbocycles. The van der Waals surface area contributed by atoms with Crippen LogP contribution in [0.5, 0.6) is 0 Å². The van der Waals surface area contributed by atoms with Gasteiger partial charge >= 0.3 is 0 Å². The number of nitrogens with one attached hydrogen (secondary N) is 2. The van der Waals surface area contributed by atoms with Gasteiger partial charge in [-0.05, 0) is 31.8 Å². The molecule has 1 aliphatic rings. The number of amides is 1. The molecule has 3 nitrogen and oxygen atoms in total. The minimum atomic E-state index is 0.247. The maximum absolute atomic E-state index is 11.7. The van der Waals surface area contributed by atoms with Crippen LogP contribution in [0.3, 0.4) is 0 Å². The van der Waals surface area contributed by atoms with E-state index in [2.05, 4.69) is 17.6 Å². The molecule has 1 amide bonds. The molecular formula is C16H32N2O. The van der Waals surface area contributed by atoms with Gasteiger partial charge in [-0.25, -0.2) is 0 Å². The second-order valence-corrected chi connectivity index (χ2v) is 5.89. The summed E-state index contributed by atoms with van der Waals surface area (Å²) in [6.07, 6.45) is 12.4. The van der Waals surface area contributed by atoms with Gasteiger partial charge in [0, 0.05) is 13.0 Å². The van der Waals surface area contributed by atoms with E-state index in [1.54, 1.807) is 0 Å². The van der Waals surface area contributed by atoms with E-state index in [9.17, 15) is 4.79 Å². The lowest BCUT2D eigenvalue weighted by Crippen LogP contribution is -2.27. The highest BCUT2D eigenvalue weighted by atomic mass is 16.1. The number of unbranched alkanes of at least 4 members (excludes halogenated alkanes) is 7. The van der Waals surface area contributed by atoms with Crippen LogP contribution >= 0.6 is 0 Å². The van der Waals surface area contributed by atoms with Crippen LogP contribution in [0.1, 0.15) is 71.1 Å². The minimum Gasteiger partial charge on any atom is -0.356 e. The zero-order valence-corrected chi connectivity index (χ0v) is 12.7. The van der Waals surface area contributed by atoms with Crippen LogP contribution in [-0.4, -0.2) is 25.5 Å². The molecule has 1 unspecified atom stereocenters. The lowest BCUT2D eigenvalue weighted by molar-refractivity contribution is -0.121.